The van der Waals surface area contributed by atoms with Gasteiger partial charge in [0.05, 0.1) is 6.61 Å². The summed E-state index contributed by atoms with van der Waals surface area (Å²) in [7, 11) is 0. The van der Waals surface area contributed by atoms with Gasteiger partial charge in [-0.25, -0.2) is 0 Å². The molecule has 0 spiro atoms. The van der Waals surface area contributed by atoms with Crippen LogP contribution in [0.1, 0.15) is 24.1 Å². The van der Waals surface area contributed by atoms with Gasteiger partial charge in [0.1, 0.15) is 5.75 Å². The van der Waals surface area contributed by atoms with E-state index in [0.29, 0.717) is 25.2 Å². The van der Waals surface area contributed by atoms with Gasteiger partial charge in [0.15, 0.2) is 0 Å². The van der Waals surface area contributed by atoms with E-state index in [1.54, 1.807) is 35.6 Å². The fourth-order valence-corrected chi connectivity index (χ4v) is 2.67. The zero-order valence-corrected chi connectivity index (χ0v) is 13.5. The number of aryl methyl sites for hydroxylation is 1. The van der Waals surface area contributed by atoms with Crippen LogP contribution in [0.3, 0.4) is 0 Å². The Hall–Kier alpha value is -2.34. The zero-order chi connectivity index (χ0) is 16.5. The number of amides is 1. The highest BCUT2D eigenvalue weighted by Crippen LogP contribution is 2.17. The minimum Gasteiger partial charge on any atom is -0.494 e. The van der Waals surface area contributed by atoms with Gasteiger partial charge in [0, 0.05) is 23.4 Å². The summed E-state index contributed by atoms with van der Waals surface area (Å²) >= 11 is 1.65. The average Bonchev–Trinajstić information content (AvgIpc) is 3.04. The molecule has 0 unspecified atom stereocenters. The summed E-state index contributed by atoms with van der Waals surface area (Å²) in [6.45, 7) is 0.360. The summed E-state index contributed by atoms with van der Waals surface area (Å²) in [5.74, 6) is -0.185. The number of carbonyl (C=O) groups excluding carboxylic acids is 1. The highest BCUT2D eigenvalue weighted by atomic mass is 32.1. The molecular formula is C17H19NO4S. The molecule has 2 N–H and O–H groups in total. The molecule has 1 heterocycles. The third-order valence-corrected chi connectivity index (χ3v) is 4.06. The summed E-state index contributed by atoms with van der Waals surface area (Å²) in [6.07, 6.45) is 1.76. The number of thiophene rings is 1. The van der Waals surface area contributed by atoms with E-state index in [-0.39, 0.29) is 12.3 Å². The average molecular weight is 333 g/mol. The highest BCUT2D eigenvalue weighted by Gasteiger charge is 2.04. The number of carboxylic acids is 1. The van der Waals surface area contributed by atoms with E-state index in [4.69, 9.17) is 9.84 Å². The van der Waals surface area contributed by atoms with Crippen LogP contribution in [0.25, 0.3) is 0 Å². The monoisotopic (exact) mass is 333 g/mol. The summed E-state index contributed by atoms with van der Waals surface area (Å²) in [5, 5.41) is 13.4. The lowest BCUT2D eigenvalue weighted by Crippen LogP contribution is -2.12. The zero-order valence-electron chi connectivity index (χ0n) is 12.7. The normalized spacial score (nSPS) is 10.3. The van der Waals surface area contributed by atoms with Crippen molar-refractivity contribution in [2.45, 2.75) is 25.7 Å². The van der Waals surface area contributed by atoms with Crippen molar-refractivity contribution in [1.29, 1.82) is 0 Å². The van der Waals surface area contributed by atoms with Gasteiger partial charge in [-0.3, -0.25) is 9.59 Å². The predicted molar refractivity (Wildman–Crippen MR) is 90.1 cm³/mol. The number of aliphatic carboxylic acids is 1. The van der Waals surface area contributed by atoms with E-state index >= 15 is 0 Å². The van der Waals surface area contributed by atoms with Gasteiger partial charge in [0.25, 0.3) is 0 Å². The molecule has 1 amide bonds. The maximum atomic E-state index is 11.9. The number of hydrogen-bond acceptors (Lipinski definition) is 4. The van der Waals surface area contributed by atoms with Crippen molar-refractivity contribution < 1.29 is 19.4 Å². The van der Waals surface area contributed by atoms with Crippen molar-refractivity contribution in [1.82, 2.24) is 0 Å². The number of rotatable bonds is 9. The first-order valence-corrected chi connectivity index (χ1v) is 8.28. The lowest BCUT2D eigenvalue weighted by atomic mass is 10.2. The van der Waals surface area contributed by atoms with Gasteiger partial charge in [-0.05, 0) is 48.6 Å². The fourth-order valence-electron chi connectivity index (χ4n) is 1.96. The van der Waals surface area contributed by atoms with Gasteiger partial charge >= 0.3 is 5.97 Å². The smallest absolute Gasteiger partial charge is 0.303 e. The number of ether oxygens (including phenoxy) is 1. The molecule has 0 aliphatic heterocycles. The SMILES string of the molecule is O=C(O)CCCOc1ccc(NC(=O)CCc2cccs2)cc1. The number of carbonyl (C=O) groups is 2. The number of anilines is 1. The molecule has 0 aliphatic rings. The van der Waals surface area contributed by atoms with Crippen molar-refractivity contribution >= 4 is 28.9 Å². The summed E-state index contributed by atoms with van der Waals surface area (Å²) in [5.41, 5.74) is 0.721. The Morgan fingerprint density at radius 3 is 2.57 bits per heavy atom. The second-order valence-electron chi connectivity index (χ2n) is 5.00. The highest BCUT2D eigenvalue weighted by molar-refractivity contribution is 7.09. The molecule has 0 fully saturated rings. The van der Waals surface area contributed by atoms with Crippen molar-refractivity contribution in [3.8, 4) is 5.75 Å². The molecule has 0 saturated heterocycles. The number of hydrogen-bond donors (Lipinski definition) is 2. The largest absolute Gasteiger partial charge is 0.494 e. The summed E-state index contributed by atoms with van der Waals surface area (Å²) in [4.78, 5) is 23.5. The van der Waals surface area contributed by atoms with Crippen molar-refractivity contribution in [2.75, 3.05) is 11.9 Å². The number of carboxylic acid groups (broad SMARTS) is 1. The second-order valence-corrected chi connectivity index (χ2v) is 6.03. The quantitative estimate of drug-likeness (QED) is 0.688. The third-order valence-electron chi connectivity index (χ3n) is 3.12. The molecular weight excluding hydrogens is 314 g/mol. The van der Waals surface area contributed by atoms with E-state index in [2.05, 4.69) is 5.32 Å². The maximum Gasteiger partial charge on any atom is 0.303 e. The van der Waals surface area contributed by atoms with Crippen LogP contribution in [0.4, 0.5) is 5.69 Å². The lowest BCUT2D eigenvalue weighted by molar-refractivity contribution is -0.137. The van der Waals surface area contributed by atoms with Crippen LogP contribution in [0.5, 0.6) is 5.75 Å². The van der Waals surface area contributed by atoms with E-state index < -0.39 is 5.97 Å². The lowest BCUT2D eigenvalue weighted by Gasteiger charge is -2.08. The molecule has 6 heteroatoms. The van der Waals surface area contributed by atoms with Crippen LogP contribution < -0.4 is 10.1 Å². The molecule has 0 radical (unpaired) electrons. The Balaban J connectivity index is 1.71. The van der Waals surface area contributed by atoms with Gasteiger partial charge in [-0.15, -0.1) is 11.3 Å². The van der Waals surface area contributed by atoms with Gasteiger partial charge in [-0.2, -0.15) is 0 Å². The van der Waals surface area contributed by atoms with Crippen molar-refractivity contribution in [3.63, 3.8) is 0 Å². The van der Waals surface area contributed by atoms with Crippen molar-refractivity contribution in [2.24, 2.45) is 0 Å². The van der Waals surface area contributed by atoms with E-state index in [0.717, 1.165) is 12.1 Å². The molecule has 5 nitrogen and oxygen atoms in total. The number of benzene rings is 1. The van der Waals surface area contributed by atoms with Crippen LogP contribution in [0.2, 0.25) is 0 Å². The Kier molecular flexibility index (Phi) is 6.62. The molecule has 122 valence electrons. The molecule has 23 heavy (non-hydrogen) atoms. The first kappa shape index (κ1) is 17.0. The van der Waals surface area contributed by atoms with Gasteiger partial charge in [0.2, 0.25) is 5.91 Å². The predicted octanol–water partition coefficient (Wildman–Crippen LogP) is 3.56. The Morgan fingerprint density at radius 2 is 1.91 bits per heavy atom. The first-order chi connectivity index (χ1) is 11.1. The van der Waals surface area contributed by atoms with Crippen LogP contribution in [-0.2, 0) is 16.0 Å². The molecule has 1 aromatic heterocycles. The van der Waals surface area contributed by atoms with Gasteiger partial charge in [-0.1, -0.05) is 6.07 Å². The van der Waals surface area contributed by atoms with Crippen LogP contribution in [0.15, 0.2) is 41.8 Å². The molecule has 2 rings (SSSR count). The topological polar surface area (TPSA) is 75.6 Å². The standard InChI is InChI=1S/C17H19NO4S/c19-16(10-9-15-3-2-12-23-15)18-13-5-7-14(8-6-13)22-11-1-4-17(20)21/h2-3,5-8,12H,1,4,9-11H2,(H,18,19)(H,20,21). The molecule has 0 bridgehead atoms. The van der Waals surface area contributed by atoms with Crippen LogP contribution in [-0.4, -0.2) is 23.6 Å². The van der Waals surface area contributed by atoms with E-state index in [9.17, 15) is 9.59 Å². The Bertz CT molecular complexity index is 623. The maximum absolute atomic E-state index is 11.9. The Morgan fingerprint density at radius 1 is 1.13 bits per heavy atom. The first-order valence-electron chi connectivity index (χ1n) is 7.40. The minimum atomic E-state index is -0.825. The van der Waals surface area contributed by atoms with Crippen LogP contribution >= 0.6 is 11.3 Å². The molecule has 1 aromatic carbocycles. The van der Waals surface area contributed by atoms with Crippen molar-refractivity contribution in [3.05, 3.63) is 46.7 Å². The van der Waals surface area contributed by atoms with Crippen LogP contribution in [0, 0.1) is 0 Å². The van der Waals surface area contributed by atoms with Gasteiger partial charge < -0.3 is 15.2 Å². The fraction of sp³-hybridized carbons (Fsp3) is 0.294. The van der Waals surface area contributed by atoms with E-state index in [1.807, 2.05) is 17.5 Å². The second kappa shape index (κ2) is 8.95. The molecule has 2 aromatic rings. The summed E-state index contributed by atoms with van der Waals surface area (Å²) < 4.78 is 5.44. The third kappa shape index (κ3) is 6.52. The minimum absolute atomic E-state index is 0.0199. The Labute approximate surface area is 138 Å². The molecule has 0 atom stereocenters. The molecule has 0 saturated carbocycles. The van der Waals surface area contributed by atoms with E-state index in [1.165, 1.54) is 4.88 Å². The summed E-state index contributed by atoms with van der Waals surface area (Å²) in [6, 6.07) is 11.1. The number of nitrogens with one attached hydrogen (secondary N) is 1. The molecule has 0 aliphatic carbocycles.